The van der Waals surface area contributed by atoms with E-state index < -0.39 is 0 Å². The molecule has 0 aromatic carbocycles. The molecule has 1 saturated carbocycles. The predicted octanol–water partition coefficient (Wildman–Crippen LogP) is 2.77. The van der Waals surface area contributed by atoms with Crippen LogP contribution in [0, 0.1) is 11.8 Å². The molecule has 1 aromatic heterocycles. The van der Waals surface area contributed by atoms with Gasteiger partial charge in [-0.1, -0.05) is 31.6 Å². The summed E-state index contributed by atoms with van der Waals surface area (Å²) in [5, 5.41) is 12.3. The van der Waals surface area contributed by atoms with Crippen LogP contribution >= 0.6 is 11.3 Å². The van der Waals surface area contributed by atoms with E-state index in [0.29, 0.717) is 6.04 Å². The molecule has 3 unspecified atom stereocenters. The number of rotatable bonds is 3. The molecule has 0 radical (unpaired) electrons. The first-order valence-electron chi connectivity index (χ1n) is 5.34. The topological polar surface area (TPSA) is 37.8 Å². The van der Waals surface area contributed by atoms with Crippen LogP contribution in [-0.2, 0) is 0 Å². The van der Waals surface area contributed by atoms with Crippen LogP contribution in [0.3, 0.4) is 0 Å². The molecule has 78 valence electrons. The molecule has 1 aliphatic carbocycles. The lowest BCUT2D eigenvalue weighted by Crippen LogP contribution is -2.24. The Hall–Kier alpha value is -0.640. The Kier molecular flexibility index (Phi) is 3.01. The SMILES string of the molecule is CCC1CCC(Nc2nncs2)C1C. The molecule has 3 atom stereocenters. The second-order valence-corrected chi connectivity index (χ2v) is 4.93. The summed E-state index contributed by atoms with van der Waals surface area (Å²) in [5.41, 5.74) is 1.78. The van der Waals surface area contributed by atoms with Gasteiger partial charge in [-0.05, 0) is 24.7 Å². The summed E-state index contributed by atoms with van der Waals surface area (Å²) in [4.78, 5) is 0. The second-order valence-electron chi connectivity index (χ2n) is 4.10. The molecular formula is C10H17N3S. The van der Waals surface area contributed by atoms with Crippen LogP contribution in [0.2, 0.25) is 0 Å². The van der Waals surface area contributed by atoms with E-state index in [4.69, 9.17) is 0 Å². The van der Waals surface area contributed by atoms with Crippen molar-refractivity contribution in [2.75, 3.05) is 5.32 Å². The van der Waals surface area contributed by atoms with Gasteiger partial charge in [0, 0.05) is 6.04 Å². The Bertz CT molecular complexity index is 273. The third kappa shape index (κ3) is 1.90. The third-order valence-corrected chi connectivity index (χ3v) is 4.04. The van der Waals surface area contributed by atoms with E-state index in [1.165, 1.54) is 19.3 Å². The summed E-state index contributed by atoms with van der Waals surface area (Å²) in [6.07, 6.45) is 3.93. The fraction of sp³-hybridized carbons (Fsp3) is 0.800. The first-order valence-corrected chi connectivity index (χ1v) is 6.22. The second kappa shape index (κ2) is 4.26. The van der Waals surface area contributed by atoms with Crippen molar-refractivity contribution in [2.45, 2.75) is 39.2 Å². The summed E-state index contributed by atoms with van der Waals surface area (Å²) >= 11 is 1.59. The molecule has 4 heteroatoms. The van der Waals surface area contributed by atoms with Crippen molar-refractivity contribution in [2.24, 2.45) is 11.8 Å². The maximum atomic E-state index is 4.02. The highest BCUT2D eigenvalue weighted by Gasteiger charge is 2.31. The fourth-order valence-electron chi connectivity index (χ4n) is 2.42. The van der Waals surface area contributed by atoms with E-state index in [-0.39, 0.29) is 0 Å². The molecule has 1 aromatic rings. The van der Waals surface area contributed by atoms with E-state index in [0.717, 1.165) is 17.0 Å². The van der Waals surface area contributed by atoms with Crippen LogP contribution in [0.1, 0.15) is 33.1 Å². The number of hydrogen-bond acceptors (Lipinski definition) is 4. The lowest BCUT2D eigenvalue weighted by atomic mass is 9.94. The minimum absolute atomic E-state index is 0.605. The van der Waals surface area contributed by atoms with Crippen LogP contribution in [0.4, 0.5) is 5.13 Å². The zero-order chi connectivity index (χ0) is 9.97. The summed E-state index contributed by atoms with van der Waals surface area (Å²) in [6.45, 7) is 4.63. The van der Waals surface area contributed by atoms with Gasteiger partial charge in [-0.2, -0.15) is 0 Å². The largest absolute Gasteiger partial charge is 0.357 e. The maximum Gasteiger partial charge on any atom is 0.205 e. The van der Waals surface area contributed by atoms with Crippen LogP contribution in [0.5, 0.6) is 0 Å². The van der Waals surface area contributed by atoms with Gasteiger partial charge in [0.1, 0.15) is 5.51 Å². The van der Waals surface area contributed by atoms with Crippen LogP contribution in [-0.4, -0.2) is 16.2 Å². The van der Waals surface area contributed by atoms with E-state index in [9.17, 15) is 0 Å². The average Bonchev–Trinajstić information content (AvgIpc) is 2.79. The minimum Gasteiger partial charge on any atom is -0.357 e. The van der Waals surface area contributed by atoms with E-state index >= 15 is 0 Å². The lowest BCUT2D eigenvalue weighted by Gasteiger charge is -2.20. The molecule has 0 spiro atoms. The van der Waals surface area contributed by atoms with Crippen molar-refractivity contribution in [1.82, 2.24) is 10.2 Å². The van der Waals surface area contributed by atoms with Crippen LogP contribution in [0.15, 0.2) is 5.51 Å². The fourth-order valence-corrected chi connectivity index (χ4v) is 2.93. The maximum absolute atomic E-state index is 4.02. The Morgan fingerprint density at radius 3 is 3.00 bits per heavy atom. The smallest absolute Gasteiger partial charge is 0.205 e. The molecular weight excluding hydrogens is 194 g/mol. The van der Waals surface area contributed by atoms with Crippen molar-refractivity contribution in [3.05, 3.63) is 5.51 Å². The molecule has 3 nitrogen and oxygen atoms in total. The molecule has 1 fully saturated rings. The lowest BCUT2D eigenvalue weighted by molar-refractivity contribution is 0.392. The van der Waals surface area contributed by atoms with Gasteiger partial charge in [0.05, 0.1) is 0 Å². The number of aromatic nitrogens is 2. The number of nitrogens with one attached hydrogen (secondary N) is 1. The third-order valence-electron chi connectivity index (χ3n) is 3.42. The molecule has 0 amide bonds. The Morgan fingerprint density at radius 2 is 2.43 bits per heavy atom. The first-order chi connectivity index (χ1) is 6.81. The van der Waals surface area contributed by atoms with Gasteiger partial charge in [0.25, 0.3) is 0 Å². The van der Waals surface area contributed by atoms with Crippen molar-refractivity contribution in [1.29, 1.82) is 0 Å². The van der Waals surface area contributed by atoms with Gasteiger partial charge < -0.3 is 5.32 Å². The molecule has 0 saturated heterocycles. The zero-order valence-corrected chi connectivity index (χ0v) is 9.55. The Labute approximate surface area is 88.9 Å². The highest BCUT2D eigenvalue weighted by molar-refractivity contribution is 7.13. The molecule has 1 N–H and O–H groups in total. The number of anilines is 1. The minimum atomic E-state index is 0.605. The highest BCUT2D eigenvalue weighted by atomic mass is 32.1. The van der Waals surface area contributed by atoms with Gasteiger partial charge in [0.2, 0.25) is 5.13 Å². The number of nitrogens with zero attached hydrogens (tertiary/aromatic N) is 2. The number of hydrogen-bond donors (Lipinski definition) is 1. The van der Waals surface area contributed by atoms with Gasteiger partial charge in [-0.15, -0.1) is 10.2 Å². The van der Waals surface area contributed by atoms with Gasteiger partial charge >= 0.3 is 0 Å². The van der Waals surface area contributed by atoms with Crippen molar-refractivity contribution in [3.8, 4) is 0 Å². The monoisotopic (exact) mass is 211 g/mol. The van der Waals surface area contributed by atoms with Crippen molar-refractivity contribution >= 4 is 16.5 Å². The molecule has 14 heavy (non-hydrogen) atoms. The molecule has 2 rings (SSSR count). The summed E-state index contributed by atoms with van der Waals surface area (Å²) in [6, 6.07) is 0.605. The quantitative estimate of drug-likeness (QED) is 0.835. The predicted molar refractivity (Wildman–Crippen MR) is 59.5 cm³/mol. The summed E-state index contributed by atoms with van der Waals surface area (Å²) in [5.74, 6) is 1.66. The van der Waals surface area contributed by atoms with Crippen molar-refractivity contribution in [3.63, 3.8) is 0 Å². The summed E-state index contributed by atoms with van der Waals surface area (Å²) < 4.78 is 0. The average molecular weight is 211 g/mol. The van der Waals surface area contributed by atoms with Gasteiger partial charge in [-0.3, -0.25) is 0 Å². The van der Waals surface area contributed by atoms with Crippen LogP contribution < -0.4 is 5.32 Å². The van der Waals surface area contributed by atoms with Gasteiger partial charge in [-0.25, -0.2) is 0 Å². The first kappa shape index (κ1) is 9.90. The normalized spacial score (nSPS) is 32.0. The Morgan fingerprint density at radius 1 is 1.57 bits per heavy atom. The van der Waals surface area contributed by atoms with Gasteiger partial charge in [0.15, 0.2) is 0 Å². The standard InChI is InChI=1S/C10H17N3S/c1-3-8-4-5-9(7(8)2)12-10-13-11-6-14-10/h6-9H,3-5H2,1-2H3,(H,12,13). The molecule has 1 heterocycles. The van der Waals surface area contributed by atoms with Crippen LogP contribution in [0.25, 0.3) is 0 Å². The Balaban J connectivity index is 1.94. The molecule has 0 bridgehead atoms. The van der Waals surface area contributed by atoms with E-state index in [2.05, 4.69) is 29.4 Å². The molecule has 0 aliphatic heterocycles. The molecule has 1 aliphatic rings. The van der Waals surface area contributed by atoms with Crippen molar-refractivity contribution < 1.29 is 0 Å². The zero-order valence-electron chi connectivity index (χ0n) is 8.73. The van der Waals surface area contributed by atoms with E-state index in [1.807, 2.05) is 0 Å². The highest BCUT2D eigenvalue weighted by Crippen LogP contribution is 2.35. The van der Waals surface area contributed by atoms with E-state index in [1.54, 1.807) is 16.8 Å². The summed E-state index contributed by atoms with van der Waals surface area (Å²) in [7, 11) is 0.